The molecule has 1 unspecified atom stereocenters. The van der Waals surface area contributed by atoms with Gasteiger partial charge in [-0.05, 0) is 13.5 Å². The highest BCUT2D eigenvalue weighted by atomic mass is 16.4. The van der Waals surface area contributed by atoms with Crippen molar-refractivity contribution in [2.75, 3.05) is 13.1 Å². The Morgan fingerprint density at radius 1 is 1.75 bits per heavy atom. The molecule has 0 radical (unpaired) electrons. The maximum atomic E-state index is 10.2. The van der Waals surface area contributed by atoms with Gasteiger partial charge in [0.2, 0.25) is 0 Å². The number of nitriles is 1. The standard InChI is InChI=1S/C8H14N2O2/c1-3-10(7(2)6-9)5-4-8(11)12/h7H,3-5H2,1-2H3,(H,11,12). The summed E-state index contributed by atoms with van der Waals surface area (Å²) in [6, 6.07) is 1.87. The van der Waals surface area contributed by atoms with Crippen molar-refractivity contribution in [2.45, 2.75) is 26.3 Å². The van der Waals surface area contributed by atoms with E-state index in [1.54, 1.807) is 6.92 Å². The van der Waals surface area contributed by atoms with Gasteiger partial charge in [-0.1, -0.05) is 6.92 Å². The fourth-order valence-electron chi connectivity index (χ4n) is 0.947. The Bertz CT molecular complexity index is 186. The fourth-order valence-corrected chi connectivity index (χ4v) is 0.947. The Morgan fingerprint density at radius 2 is 2.33 bits per heavy atom. The lowest BCUT2D eigenvalue weighted by atomic mass is 10.3. The van der Waals surface area contributed by atoms with Crippen molar-refractivity contribution in [3.63, 3.8) is 0 Å². The molecule has 4 heteroatoms. The molecule has 0 aromatic heterocycles. The van der Waals surface area contributed by atoms with Gasteiger partial charge >= 0.3 is 5.97 Å². The van der Waals surface area contributed by atoms with Crippen LogP contribution in [0.4, 0.5) is 0 Å². The second-order valence-electron chi connectivity index (χ2n) is 2.58. The van der Waals surface area contributed by atoms with E-state index in [2.05, 4.69) is 6.07 Å². The highest BCUT2D eigenvalue weighted by Gasteiger charge is 2.11. The van der Waals surface area contributed by atoms with Crippen LogP contribution in [0.15, 0.2) is 0 Å². The molecule has 0 aliphatic carbocycles. The van der Waals surface area contributed by atoms with Crippen LogP contribution in [0, 0.1) is 11.3 Å². The van der Waals surface area contributed by atoms with Crippen molar-refractivity contribution < 1.29 is 9.90 Å². The number of aliphatic carboxylic acids is 1. The van der Waals surface area contributed by atoms with E-state index < -0.39 is 5.97 Å². The molecule has 12 heavy (non-hydrogen) atoms. The van der Waals surface area contributed by atoms with E-state index in [0.29, 0.717) is 13.1 Å². The predicted octanol–water partition coefficient (Wildman–Crippen LogP) is 0.695. The summed E-state index contributed by atoms with van der Waals surface area (Å²) in [5.41, 5.74) is 0. The molecule has 0 fully saturated rings. The molecule has 0 saturated heterocycles. The first kappa shape index (κ1) is 10.9. The van der Waals surface area contributed by atoms with Crippen LogP contribution < -0.4 is 0 Å². The number of nitrogens with zero attached hydrogens (tertiary/aromatic N) is 2. The normalized spacial score (nSPS) is 12.5. The number of rotatable bonds is 5. The second kappa shape index (κ2) is 5.56. The zero-order chi connectivity index (χ0) is 9.56. The van der Waals surface area contributed by atoms with Crippen LogP contribution in [-0.2, 0) is 4.79 Å². The van der Waals surface area contributed by atoms with Crippen LogP contribution >= 0.6 is 0 Å². The van der Waals surface area contributed by atoms with Crippen molar-refractivity contribution in [1.82, 2.24) is 4.90 Å². The lowest BCUT2D eigenvalue weighted by molar-refractivity contribution is -0.137. The third-order valence-electron chi connectivity index (χ3n) is 1.75. The molecule has 1 atom stereocenters. The monoisotopic (exact) mass is 170 g/mol. The van der Waals surface area contributed by atoms with Gasteiger partial charge in [0.1, 0.15) is 0 Å². The van der Waals surface area contributed by atoms with Crippen molar-refractivity contribution in [1.29, 1.82) is 5.26 Å². The molecule has 0 heterocycles. The molecule has 4 nitrogen and oxygen atoms in total. The van der Waals surface area contributed by atoms with Crippen molar-refractivity contribution in [3.8, 4) is 6.07 Å². The number of carboxylic acid groups (broad SMARTS) is 1. The maximum absolute atomic E-state index is 10.2. The summed E-state index contributed by atoms with van der Waals surface area (Å²) in [7, 11) is 0. The highest BCUT2D eigenvalue weighted by molar-refractivity contribution is 5.66. The molecule has 0 spiro atoms. The summed E-state index contributed by atoms with van der Waals surface area (Å²) in [6.45, 7) is 4.84. The first-order valence-corrected chi connectivity index (χ1v) is 3.97. The van der Waals surface area contributed by atoms with Crippen LogP contribution in [0.1, 0.15) is 20.3 Å². The topological polar surface area (TPSA) is 64.3 Å². The summed E-state index contributed by atoms with van der Waals surface area (Å²) in [4.78, 5) is 12.0. The first-order chi connectivity index (χ1) is 5.61. The molecule has 0 aromatic carbocycles. The zero-order valence-corrected chi connectivity index (χ0v) is 7.45. The van der Waals surface area contributed by atoms with Crippen LogP contribution in [0.3, 0.4) is 0 Å². The van der Waals surface area contributed by atoms with E-state index in [-0.39, 0.29) is 12.5 Å². The summed E-state index contributed by atoms with van der Waals surface area (Å²) in [5.74, 6) is -0.821. The Labute approximate surface area is 72.4 Å². The Hall–Kier alpha value is -1.08. The maximum Gasteiger partial charge on any atom is 0.304 e. The molecule has 0 rings (SSSR count). The third-order valence-corrected chi connectivity index (χ3v) is 1.75. The van der Waals surface area contributed by atoms with Gasteiger partial charge in [-0.2, -0.15) is 5.26 Å². The van der Waals surface area contributed by atoms with Gasteiger partial charge in [0.25, 0.3) is 0 Å². The van der Waals surface area contributed by atoms with Crippen LogP contribution in [0.25, 0.3) is 0 Å². The quantitative estimate of drug-likeness (QED) is 0.659. The summed E-state index contributed by atoms with van der Waals surface area (Å²) in [6.07, 6.45) is 0.0971. The van der Waals surface area contributed by atoms with Crippen molar-refractivity contribution in [3.05, 3.63) is 0 Å². The average molecular weight is 170 g/mol. The SMILES string of the molecule is CCN(CCC(=O)O)C(C)C#N. The molecule has 0 saturated carbocycles. The average Bonchev–Trinajstić information content (AvgIpc) is 2.04. The van der Waals surface area contributed by atoms with Crippen LogP contribution in [0.2, 0.25) is 0 Å². The molecular weight excluding hydrogens is 156 g/mol. The number of hydrogen-bond donors (Lipinski definition) is 1. The molecule has 0 bridgehead atoms. The lowest BCUT2D eigenvalue weighted by Gasteiger charge is -2.21. The smallest absolute Gasteiger partial charge is 0.304 e. The Kier molecular flexibility index (Phi) is 5.06. The van der Waals surface area contributed by atoms with E-state index in [9.17, 15) is 4.79 Å². The van der Waals surface area contributed by atoms with E-state index in [1.807, 2.05) is 11.8 Å². The molecule has 0 aliphatic heterocycles. The number of carbonyl (C=O) groups is 1. The fraction of sp³-hybridized carbons (Fsp3) is 0.750. The molecule has 0 aliphatic rings. The van der Waals surface area contributed by atoms with E-state index in [0.717, 1.165) is 0 Å². The van der Waals surface area contributed by atoms with Gasteiger partial charge in [0, 0.05) is 6.54 Å². The summed E-state index contributed by atoms with van der Waals surface area (Å²) in [5, 5.41) is 17.0. The van der Waals surface area contributed by atoms with E-state index in [1.165, 1.54) is 0 Å². The van der Waals surface area contributed by atoms with Gasteiger partial charge < -0.3 is 5.11 Å². The lowest BCUT2D eigenvalue weighted by Crippen LogP contribution is -2.33. The van der Waals surface area contributed by atoms with Crippen LogP contribution in [0.5, 0.6) is 0 Å². The second-order valence-corrected chi connectivity index (χ2v) is 2.58. The van der Waals surface area contributed by atoms with Crippen LogP contribution in [-0.4, -0.2) is 35.1 Å². The van der Waals surface area contributed by atoms with Gasteiger partial charge in [-0.15, -0.1) is 0 Å². The predicted molar refractivity (Wildman–Crippen MR) is 44.6 cm³/mol. The first-order valence-electron chi connectivity index (χ1n) is 3.97. The minimum absolute atomic E-state index is 0.0971. The van der Waals surface area contributed by atoms with Gasteiger partial charge in [0.15, 0.2) is 0 Å². The minimum Gasteiger partial charge on any atom is -0.481 e. The summed E-state index contributed by atoms with van der Waals surface area (Å²) < 4.78 is 0. The van der Waals surface area contributed by atoms with Gasteiger partial charge in [-0.25, -0.2) is 0 Å². The number of carboxylic acids is 1. The largest absolute Gasteiger partial charge is 0.481 e. The van der Waals surface area contributed by atoms with Crippen molar-refractivity contribution in [2.24, 2.45) is 0 Å². The minimum atomic E-state index is -0.821. The molecule has 0 amide bonds. The molecule has 68 valence electrons. The Balaban J connectivity index is 3.84. The Morgan fingerprint density at radius 3 is 2.67 bits per heavy atom. The summed E-state index contributed by atoms with van der Waals surface area (Å²) >= 11 is 0. The van der Waals surface area contributed by atoms with Gasteiger partial charge in [-0.3, -0.25) is 9.69 Å². The third kappa shape index (κ3) is 3.94. The van der Waals surface area contributed by atoms with Crippen molar-refractivity contribution >= 4 is 5.97 Å². The number of hydrogen-bond acceptors (Lipinski definition) is 3. The highest BCUT2D eigenvalue weighted by Crippen LogP contribution is 1.98. The van der Waals surface area contributed by atoms with Gasteiger partial charge in [0.05, 0.1) is 18.5 Å². The molecule has 1 N–H and O–H groups in total. The zero-order valence-electron chi connectivity index (χ0n) is 7.45. The molecular formula is C8H14N2O2. The van der Waals surface area contributed by atoms with E-state index >= 15 is 0 Å². The van der Waals surface area contributed by atoms with E-state index in [4.69, 9.17) is 10.4 Å². The molecule has 0 aromatic rings.